The van der Waals surface area contributed by atoms with Crippen LogP contribution in [0, 0.1) is 22.7 Å². The van der Waals surface area contributed by atoms with Crippen molar-refractivity contribution in [2.75, 3.05) is 0 Å². The Morgan fingerprint density at radius 2 is 0.892 bits per heavy atom. The maximum absolute atomic E-state index is 10.6. The van der Waals surface area contributed by atoms with Gasteiger partial charge in [-0.1, -0.05) is 127 Å². The normalized spacial score (nSPS) is 11.8. The third-order valence-corrected chi connectivity index (χ3v) is 14.5. The minimum absolute atomic E-state index is 0.382. The van der Waals surface area contributed by atoms with Gasteiger partial charge in [0, 0.05) is 49.0 Å². The monoisotopic (exact) mass is 945 g/mol. The summed E-state index contributed by atoms with van der Waals surface area (Å²) in [7, 11) is 0. The fraction of sp³-hybridized carbons (Fsp3) is 0. The minimum atomic E-state index is 0.382. The fourth-order valence-corrected chi connectivity index (χ4v) is 11.2. The molecule has 15 rings (SSSR count). The Morgan fingerprint density at radius 1 is 0.351 bits per heavy atom. The molecule has 74 heavy (non-hydrogen) atoms. The largest absolute Gasteiger partial charge is 0.455 e. The number of fused-ring (bicyclic) bond motifs is 14. The third kappa shape index (κ3) is 6.05. The number of para-hydroxylation sites is 4. The summed E-state index contributed by atoms with van der Waals surface area (Å²) in [6.45, 7) is 0. The first-order valence-corrected chi connectivity index (χ1v) is 24.3. The number of benzene rings is 10. The van der Waals surface area contributed by atoms with Crippen LogP contribution in [0.25, 0.3) is 144 Å². The van der Waals surface area contributed by atoms with E-state index in [4.69, 9.17) is 23.8 Å². The molecule has 9 heteroatoms. The van der Waals surface area contributed by atoms with Crippen LogP contribution >= 0.6 is 0 Å². The van der Waals surface area contributed by atoms with Crippen molar-refractivity contribution in [1.82, 2.24) is 24.1 Å². The summed E-state index contributed by atoms with van der Waals surface area (Å²) in [5, 5.41) is 29.1. The summed E-state index contributed by atoms with van der Waals surface area (Å²) in [5.41, 5.74) is 13.4. The topological polar surface area (TPSA) is 122 Å². The first-order chi connectivity index (χ1) is 36.6. The highest BCUT2D eigenvalue weighted by molar-refractivity contribution is 6.25. The van der Waals surface area contributed by atoms with Crippen LogP contribution in [-0.2, 0) is 0 Å². The summed E-state index contributed by atoms with van der Waals surface area (Å²) in [6, 6.07) is 75.9. The molecule has 0 aliphatic heterocycles. The molecule has 0 unspecified atom stereocenters. The van der Waals surface area contributed by atoms with E-state index in [9.17, 15) is 10.5 Å². The first kappa shape index (κ1) is 41.2. The van der Waals surface area contributed by atoms with Crippen LogP contribution in [0.5, 0.6) is 0 Å². The Hall–Kier alpha value is -10.6. The highest BCUT2D eigenvalue weighted by Gasteiger charge is 2.26. The highest BCUT2D eigenvalue weighted by Crippen LogP contribution is 2.45. The number of aromatic nitrogens is 5. The lowest BCUT2D eigenvalue weighted by molar-refractivity contribution is 0.672. The van der Waals surface area contributed by atoms with Crippen LogP contribution in [0.4, 0.5) is 0 Å². The second-order valence-corrected chi connectivity index (χ2v) is 18.5. The van der Waals surface area contributed by atoms with Gasteiger partial charge >= 0.3 is 0 Å². The van der Waals surface area contributed by atoms with Crippen molar-refractivity contribution in [1.29, 1.82) is 10.5 Å². The summed E-state index contributed by atoms with van der Waals surface area (Å²) < 4.78 is 17.9. The number of furan rings is 2. The molecule has 10 aromatic carbocycles. The van der Waals surface area contributed by atoms with E-state index in [1.165, 1.54) is 0 Å². The predicted octanol–water partition coefficient (Wildman–Crippen LogP) is 16.3. The Balaban J connectivity index is 1.03. The molecule has 0 N–H and O–H groups in total. The zero-order valence-corrected chi connectivity index (χ0v) is 39.2. The second kappa shape index (κ2) is 16.0. The van der Waals surface area contributed by atoms with Crippen LogP contribution in [0.3, 0.4) is 0 Å². The first-order valence-electron chi connectivity index (χ1n) is 24.3. The van der Waals surface area contributed by atoms with Crippen LogP contribution in [0.15, 0.2) is 221 Å². The molecule has 0 spiro atoms. The molecule has 5 aromatic heterocycles. The molecule has 0 amide bonds. The van der Waals surface area contributed by atoms with E-state index in [0.717, 1.165) is 121 Å². The quantitative estimate of drug-likeness (QED) is 0.163. The van der Waals surface area contributed by atoms with E-state index < -0.39 is 0 Å². The molecule has 342 valence electrons. The summed E-state index contributed by atoms with van der Waals surface area (Å²) in [6.07, 6.45) is 0. The van der Waals surface area contributed by atoms with Crippen molar-refractivity contribution in [3.63, 3.8) is 0 Å². The van der Waals surface area contributed by atoms with Gasteiger partial charge in [0.1, 0.15) is 22.3 Å². The number of nitriles is 2. The molecule has 0 saturated carbocycles. The molecule has 0 radical (unpaired) electrons. The minimum Gasteiger partial charge on any atom is -0.455 e. The summed E-state index contributed by atoms with van der Waals surface area (Å²) in [5.74, 6) is 1.26. The smallest absolute Gasteiger partial charge is 0.166 e. The number of hydrogen-bond acceptors (Lipinski definition) is 7. The number of rotatable bonds is 6. The van der Waals surface area contributed by atoms with Crippen molar-refractivity contribution in [3.8, 4) is 68.8 Å². The Morgan fingerprint density at radius 3 is 1.53 bits per heavy atom. The average Bonchev–Trinajstić information content (AvgIpc) is 4.27. The van der Waals surface area contributed by atoms with Crippen molar-refractivity contribution in [3.05, 3.63) is 223 Å². The number of hydrogen-bond donors (Lipinski definition) is 0. The van der Waals surface area contributed by atoms with Crippen molar-refractivity contribution < 1.29 is 8.83 Å². The standard InChI is InChI=1S/C65H35N7O2/c66-36-38-26-31-53(71-51-22-10-6-20-47(51)59-54(71)32-29-45-43-18-8-12-24-57(43)73-61(45)59)50(34-38)65-69-63(39-14-2-1-3-15-39)68-64(70-65)49-28-27-40(42-17-5-4-16-41(42)37-67)35-56(49)72-52-23-11-7-21-48(52)60-55(72)33-30-46-44-19-9-13-25-58(44)74-62(46)60/h1-35H. The van der Waals surface area contributed by atoms with E-state index in [1.54, 1.807) is 0 Å². The molecule has 5 heterocycles. The van der Waals surface area contributed by atoms with Gasteiger partial charge in [-0.2, -0.15) is 10.5 Å². The van der Waals surface area contributed by atoms with Gasteiger partial charge in [-0.3, -0.25) is 0 Å². The maximum atomic E-state index is 10.6. The maximum Gasteiger partial charge on any atom is 0.166 e. The zero-order chi connectivity index (χ0) is 49.0. The van der Waals surface area contributed by atoms with Crippen LogP contribution < -0.4 is 0 Å². The van der Waals surface area contributed by atoms with E-state index >= 15 is 0 Å². The number of nitrogens with zero attached hydrogens (tertiary/aromatic N) is 7. The molecular formula is C65H35N7O2. The van der Waals surface area contributed by atoms with Crippen LogP contribution in [0.1, 0.15) is 11.1 Å². The Bertz CT molecular complexity index is 4950. The lowest BCUT2D eigenvalue weighted by Gasteiger charge is -2.18. The Kier molecular flexibility index (Phi) is 8.88. The van der Waals surface area contributed by atoms with Crippen molar-refractivity contribution >= 4 is 87.5 Å². The molecule has 0 aliphatic carbocycles. The molecular weight excluding hydrogens is 911 g/mol. The molecule has 9 nitrogen and oxygen atoms in total. The molecule has 0 saturated heterocycles. The van der Waals surface area contributed by atoms with Crippen molar-refractivity contribution in [2.24, 2.45) is 0 Å². The molecule has 0 bridgehead atoms. The lowest BCUT2D eigenvalue weighted by Crippen LogP contribution is -2.06. The van der Waals surface area contributed by atoms with Crippen molar-refractivity contribution in [2.45, 2.75) is 0 Å². The zero-order valence-electron chi connectivity index (χ0n) is 39.2. The fourth-order valence-electron chi connectivity index (χ4n) is 11.2. The molecule has 15 aromatic rings. The van der Waals surface area contributed by atoms with E-state index in [-0.39, 0.29) is 0 Å². The summed E-state index contributed by atoms with van der Waals surface area (Å²) >= 11 is 0. The van der Waals surface area contributed by atoms with Gasteiger partial charge in [0.25, 0.3) is 0 Å². The van der Waals surface area contributed by atoms with E-state index in [2.05, 4.69) is 100 Å². The lowest BCUT2D eigenvalue weighted by atomic mass is 9.97. The predicted molar refractivity (Wildman–Crippen MR) is 294 cm³/mol. The van der Waals surface area contributed by atoms with E-state index in [0.29, 0.717) is 34.2 Å². The van der Waals surface area contributed by atoms with Gasteiger partial charge in [0.15, 0.2) is 17.5 Å². The Labute approximate surface area is 421 Å². The molecule has 0 aliphatic rings. The third-order valence-electron chi connectivity index (χ3n) is 14.5. The molecule has 0 atom stereocenters. The van der Waals surface area contributed by atoms with Gasteiger partial charge in [-0.25, -0.2) is 15.0 Å². The van der Waals surface area contributed by atoms with Crippen LogP contribution in [0.2, 0.25) is 0 Å². The van der Waals surface area contributed by atoms with Gasteiger partial charge in [0.05, 0.1) is 67.5 Å². The van der Waals surface area contributed by atoms with Gasteiger partial charge in [0.2, 0.25) is 0 Å². The second-order valence-electron chi connectivity index (χ2n) is 18.5. The highest BCUT2D eigenvalue weighted by atomic mass is 16.3. The van der Waals surface area contributed by atoms with Crippen LogP contribution in [-0.4, -0.2) is 24.1 Å². The van der Waals surface area contributed by atoms with Gasteiger partial charge < -0.3 is 18.0 Å². The average molecular weight is 946 g/mol. The van der Waals surface area contributed by atoms with E-state index in [1.807, 2.05) is 133 Å². The SMILES string of the molecule is N#Cc1ccc(-n2c3ccccc3c3c4oc5ccccc5c4ccc32)c(-c2nc(-c3ccccc3)nc(-c3ccc(-c4ccccc4C#N)cc3-n3c4ccccc4c4c5oc6ccccc6c5ccc43)n2)c1. The van der Waals surface area contributed by atoms with Gasteiger partial charge in [-0.05, 0) is 96.1 Å². The molecule has 0 fully saturated rings. The van der Waals surface area contributed by atoms with Gasteiger partial charge in [-0.15, -0.1) is 0 Å². The summed E-state index contributed by atoms with van der Waals surface area (Å²) in [4.78, 5) is 16.1.